The Morgan fingerprint density at radius 1 is 0.756 bits per heavy atom. The summed E-state index contributed by atoms with van der Waals surface area (Å²) < 4.78 is 5.39. The summed E-state index contributed by atoms with van der Waals surface area (Å²) in [4.78, 5) is 61.1. The molecule has 0 aliphatic rings. The third-order valence-electron chi connectivity index (χ3n) is 5.91. The minimum Gasteiger partial charge on any atom is -0.480 e. The normalized spacial score (nSPS) is 11.8. The van der Waals surface area contributed by atoms with Crippen LogP contribution in [0, 0.1) is 0 Å². The molecule has 0 radical (unpaired) electrons. The topological polar surface area (TPSA) is 163 Å². The van der Waals surface area contributed by atoms with Crippen LogP contribution in [0.25, 0.3) is 0 Å². The first kappa shape index (κ1) is 30.4. The lowest BCUT2D eigenvalue weighted by Gasteiger charge is -2.18. The molecule has 0 aliphatic heterocycles. The van der Waals surface area contributed by atoms with Gasteiger partial charge in [-0.3, -0.25) is 14.4 Å². The van der Waals surface area contributed by atoms with E-state index in [1.54, 1.807) is 61.5 Å². The molecule has 214 valence electrons. The first-order valence-corrected chi connectivity index (χ1v) is 12.9. The number of nitrogens with one attached hydrogen (secondary N) is 4. The Kier molecular flexibility index (Phi) is 11.4. The standard InChI is InChI=1S/C30H32N4O7/c1-20(33-24-15-9-8-14-23(24)30(40)41-19-22-12-6-3-7-13-22)28(37)32-17-26(35)31-18-27(36)34-25(29(38)39)16-21-10-4-2-5-11-21/h2-15,20,25,33H,16-19H2,1H3,(H,31,35)(H,32,37)(H,34,36)(H,38,39). The van der Waals surface area contributed by atoms with Gasteiger partial charge in [0.15, 0.2) is 0 Å². The van der Waals surface area contributed by atoms with Gasteiger partial charge in [0.2, 0.25) is 17.7 Å². The third-order valence-corrected chi connectivity index (χ3v) is 5.91. The maximum atomic E-state index is 12.6. The Labute approximate surface area is 237 Å². The van der Waals surface area contributed by atoms with Crippen LogP contribution in [0.5, 0.6) is 0 Å². The molecule has 11 heteroatoms. The molecular weight excluding hydrogens is 528 g/mol. The van der Waals surface area contributed by atoms with Crippen LogP contribution in [0.15, 0.2) is 84.9 Å². The first-order valence-electron chi connectivity index (χ1n) is 12.9. The molecule has 2 atom stereocenters. The van der Waals surface area contributed by atoms with E-state index in [2.05, 4.69) is 21.3 Å². The fraction of sp³-hybridized carbons (Fsp3) is 0.233. The molecule has 5 N–H and O–H groups in total. The lowest BCUT2D eigenvalue weighted by molar-refractivity contribution is -0.141. The molecule has 0 aliphatic carbocycles. The summed E-state index contributed by atoms with van der Waals surface area (Å²) in [6.45, 7) is 0.789. The fourth-order valence-electron chi connectivity index (χ4n) is 3.74. The summed E-state index contributed by atoms with van der Waals surface area (Å²) in [6, 6.07) is 22.7. The predicted molar refractivity (Wildman–Crippen MR) is 151 cm³/mol. The van der Waals surface area contributed by atoms with Gasteiger partial charge < -0.3 is 31.1 Å². The SMILES string of the molecule is CC(Nc1ccccc1C(=O)OCc1ccccc1)C(=O)NCC(=O)NCC(=O)NC(Cc1ccccc1)C(=O)O. The van der Waals surface area contributed by atoms with Gasteiger partial charge in [-0.15, -0.1) is 0 Å². The Morgan fingerprint density at radius 3 is 2.00 bits per heavy atom. The summed E-state index contributed by atoms with van der Waals surface area (Å²) in [7, 11) is 0. The van der Waals surface area contributed by atoms with E-state index in [0.29, 0.717) is 5.69 Å². The average molecular weight is 561 g/mol. The number of para-hydroxylation sites is 1. The number of carbonyl (C=O) groups is 5. The second-order valence-corrected chi connectivity index (χ2v) is 9.12. The molecule has 11 nitrogen and oxygen atoms in total. The zero-order valence-electron chi connectivity index (χ0n) is 22.5. The molecule has 3 amide bonds. The molecular formula is C30H32N4O7. The van der Waals surface area contributed by atoms with E-state index in [1.807, 2.05) is 30.3 Å². The van der Waals surface area contributed by atoms with E-state index in [1.165, 1.54) is 0 Å². The second kappa shape index (κ2) is 15.4. The van der Waals surface area contributed by atoms with Gasteiger partial charge in [0.05, 0.1) is 18.7 Å². The minimum absolute atomic E-state index is 0.0880. The highest BCUT2D eigenvalue weighted by atomic mass is 16.5. The molecule has 3 rings (SSSR count). The lowest BCUT2D eigenvalue weighted by atomic mass is 10.1. The molecule has 2 unspecified atom stereocenters. The minimum atomic E-state index is -1.20. The van der Waals surface area contributed by atoms with Crippen LogP contribution >= 0.6 is 0 Å². The van der Waals surface area contributed by atoms with Gasteiger partial charge in [0.1, 0.15) is 18.7 Å². The smallest absolute Gasteiger partial charge is 0.340 e. The summed E-state index contributed by atoms with van der Waals surface area (Å²) in [6.07, 6.45) is 0.0880. The van der Waals surface area contributed by atoms with Crippen molar-refractivity contribution < 1.29 is 33.8 Å². The van der Waals surface area contributed by atoms with Crippen molar-refractivity contribution in [2.24, 2.45) is 0 Å². The van der Waals surface area contributed by atoms with E-state index < -0.39 is 54.8 Å². The Hall–Kier alpha value is -5.19. The van der Waals surface area contributed by atoms with Crippen molar-refractivity contribution in [2.75, 3.05) is 18.4 Å². The molecule has 41 heavy (non-hydrogen) atoms. The summed E-state index contributed by atoms with van der Waals surface area (Å²) in [5.74, 6) is -3.60. The summed E-state index contributed by atoms with van der Waals surface area (Å²) in [5.41, 5.74) is 2.21. The van der Waals surface area contributed by atoms with E-state index in [9.17, 15) is 29.1 Å². The number of esters is 1. The van der Waals surface area contributed by atoms with Crippen LogP contribution in [-0.4, -0.2) is 59.9 Å². The molecule has 3 aromatic rings. The van der Waals surface area contributed by atoms with Crippen molar-refractivity contribution in [3.05, 3.63) is 102 Å². The van der Waals surface area contributed by atoms with Gasteiger partial charge in [-0.25, -0.2) is 9.59 Å². The van der Waals surface area contributed by atoms with Crippen LogP contribution in [0.3, 0.4) is 0 Å². The number of anilines is 1. The average Bonchev–Trinajstić information content (AvgIpc) is 2.98. The van der Waals surface area contributed by atoms with E-state index in [0.717, 1.165) is 11.1 Å². The largest absolute Gasteiger partial charge is 0.480 e. The van der Waals surface area contributed by atoms with Crippen molar-refractivity contribution in [3.63, 3.8) is 0 Å². The molecule has 0 spiro atoms. The first-order chi connectivity index (χ1) is 19.7. The summed E-state index contributed by atoms with van der Waals surface area (Å²) in [5, 5.41) is 19.5. The van der Waals surface area contributed by atoms with Gasteiger partial charge >= 0.3 is 11.9 Å². The quantitative estimate of drug-likeness (QED) is 0.187. The number of carboxylic acids is 1. The van der Waals surface area contributed by atoms with E-state index in [-0.39, 0.29) is 18.6 Å². The monoisotopic (exact) mass is 560 g/mol. The van der Waals surface area contributed by atoms with Crippen LogP contribution < -0.4 is 21.3 Å². The van der Waals surface area contributed by atoms with Crippen LogP contribution in [-0.2, 0) is 36.9 Å². The number of carbonyl (C=O) groups excluding carboxylic acids is 4. The highest BCUT2D eigenvalue weighted by Crippen LogP contribution is 2.18. The van der Waals surface area contributed by atoms with Crippen LogP contribution in [0.1, 0.15) is 28.4 Å². The Morgan fingerprint density at radius 2 is 1.34 bits per heavy atom. The Bertz CT molecular complexity index is 1350. The molecule has 0 saturated heterocycles. The number of rotatable bonds is 14. The zero-order valence-corrected chi connectivity index (χ0v) is 22.5. The van der Waals surface area contributed by atoms with Gasteiger partial charge in [-0.1, -0.05) is 72.8 Å². The molecule has 0 heterocycles. The van der Waals surface area contributed by atoms with Crippen molar-refractivity contribution >= 4 is 35.3 Å². The van der Waals surface area contributed by atoms with Crippen molar-refractivity contribution in [2.45, 2.75) is 32.0 Å². The lowest BCUT2D eigenvalue weighted by Crippen LogP contribution is -2.48. The number of amides is 3. The number of carboxylic acid groups (broad SMARTS) is 1. The van der Waals surface area contributed by atoms with Gasteiger partial charge in [-0.05, 0) is 30.2 Å². The van der Waals surface area contributed by atoms with Gasteiger partial charge in [0.25, 0.3) is 0 Å². The molecule has 0 saturated carbocycles. The van der Waals surface area contributed by atoms with Crippen LogP contribution in [0.4, 0.5) is 5.69 Å². The molecule has 0 bridgehead atoms. The molecule has 3 aromatic carbocycles. The van der Waals surface area contributed by atoms with Crippen molar-refractivity contribution in [3.8, 4) is 0 Å². The fourth-order valence-corrected chi connectivity index (χ4v) is 3.74. The number of ether oxygens (including phenoxy) is 1. The predicted octanol–water partition coefficient (Wildman–Crippen LogP) is 1.89. The highest BCUT2D eigenvalue weighted by Gasteiger charge is 2.21. The van der Waals surface area contributed by atoms with Gasteiger partial charge in [-0.2, -0.15) is 0 Å². The number of benzene rings is 3. The molecule has 0 fully saturated rings. The highest BCUT2D eigenvalue weighted by molar-refractivity contribution is 5.97. The second-order valence-electron chi connectivity index (χ2n) is 9.12. The number of aliphatic carboxylic acids is 1. The van der Waals surface area contributed by atoms with Crippen molar-refractivity contribution in [1.29, 1.82) is 0 Å². The van der Waals surface area contributed by atoms with E-state index >= 15 is 0 Å². The molecule has 0 aromatic heterocycles. The zero-order chi connectivity index (χ0) is 29.6. The van der Waals surface area contributed by atoms with Gasteiger partial charge in [0, 0.05) is 12.1 Å². The summed E-state index contributed by atoms with van der Waals surface area (Å²) >= 11 is 0. The van der Waals surface area contributed by atoms with E-state index in [4.69, 9.17) is 4.74 Å². The number of hydrogen-bond acceptors (Lipinski definition) is 7. The maximum Gasteiger partial charge on any atom is 0.340 e. The third kappa shape index (κ3) is 10.1. The van der Waals surface area contributed by atoms with Crippen LogP contribution in [0.2, 0.25) is 0 Å². The maximum absolute atomic E-state index is 12.6. The number of hydrogen-bond donors (Lipinski definition) is 5. The van der Waals surface area contributed by atoms with Crippen molar-refractivity contribution in [1.82, 2.24) is 16.0 Å². The Balaban J connectivity index is 1.43.